The highest BCUT2D eigenvalue weighted by molar-refractivity contribution is 7.14. The van der Waals surface area contributed by atoms with Crippen molar-refractivity contribution in [2.24, 2.45) is 5.92 Å². The number of fused-ring (bicyclic) bond motifs is 1. The number of carbonyl (C=O) groups is 2. The normalized spacial score (nSPS) is 18.1. The van der Waals surface area contributed by atoms with Gasteiger partial charge in [0.05, 0.1) is 0 Å². The number of nitrogens with one attached hydrogen (secondary N) is 1. The van der Waals surface area contributed by atoms with E-state index < -0.39 is 0 Å². The maximum absolute atomic E-state index is 12.2. The van der Waals surface area contributed by atoms with Crippen LogP contribution < -0.4 is 10.2 Å². The molecule has 1 aromatic heterocycles. The first-order valence-electron chi connectivity index (χ1n) is 6.80. The van der Waals surface area contributed by atoms with Crippen molar-refractivity contribution in [2.45, 2.75) is 32.6 Å². The van der Waals surface area contributed by atoms with E-state index in [2.05, 4.69) is 10.3 Å². The highest BCUT2D eigenvalue weighted by atomic mass is 32.1. The number of thiazole rings is 1. The summed E-state index contributed by atoms with van der Waals surface area (Å²) >= 11 is 1.42. The van der Waals surface area contributed by atoms with Crippen LogP contribution in [0, 0.1) is 5.92 Å². The van der Waals surface area contributed by atoms with Gasteiger partial charge in [-0.3, -0.25) is 14.5 Å². The summed E-state index contributed by atoms with van der Waals surface area (Å²) in [7, 11) is 0. The van der Waals surface area contributed by atoms with Crippen molar-refractivity contribution < 1.29 is 9.59 Å². The van der Waals surface area contributed by atoms with Gasteiger partial charge in [-0.15, -0.1) is 11.3 Å². The van der Waals surface area contributed by atoms with E-state index in [0.29, 0.717) is 11.6 Å². The van der Waals surface area contributed by atoms with Gasteiger partial charge in [-0.1, -0.05) is 0 Å². The lowest BCUT2D eigenvalue weighted by molar-refractivity contribution is -0.119. The zero-order valence-electron chi connectivity index (χ0n) is 10.9. The monoisotopic (exact) mass is 279 g/mol. The second kappa shape index (κ2) is 4.92. The van der Waals surface area contributed by atoms with Crippen LogP contribution in [0.2, 0.25) is 0 Å². The van der Waals surface area contributed by atoms with Gasteiger partial charge < -0.3 is 5.32 Å². The van der Waals surface area contributed by atoms with E-state index in [-0.39, 0.29) is 17.7 Å². The first kappa shape index (κ1) is 12.6. The Hall–Kier alpha value is -1.43. The Morgan fingerprint density at radius 2 is 2.26 bits per heavy atom. The van der Waals surface area contributed by atoms with E-state index >= 15 is 0 Å². The van der Waals surface area contributed by atoms with Crippen LogP contribution in [-0.2, 0) is 11.2 Å². The van der Waals surface area contributed by atoms with Gasteiger partial charge in [0, 0.05) is 23.9 Å². The summed E-state index contributed by atoms with van der Waals surface area (Å²) in [6.07, 6.45) is 3.87. The molecule has 2 aliphatic rings. The number of carbonyl (C=O) groups excluding carboxylic acids is 2. The zero-order chi connectivity index (χ0) is 13.4. The Balaban J connectivity index is 1.87. The lowest BCUT2D eigenvalue weighted by Gasteiger charge is -2.25. The maximum atomic E-state index is 12.2. The Morgan fingerprint density at radius 1 is 1.47 bits per heavy atom. The van der Waals surface area contributed by atoms with Gasteiger partial charge in [0.2, 0.25) is 5.91 Å². The molecule has 5 nitrogen and oxygen atoms in total. The van der Waals surface area contributed by atoms with Gasteiger partial charge in [-0.25, -0.2) is 4.98 Å². The van der Waals surface area contributed by atoms with Crippen LogP contribution in [-0.4, -0.2) is 29.9 Å². The van der Waals surface area contributed by atoms with Crippen LogP contribution in [0.5, 0.6) is 0 Å². The molecule has 0 saturated heterocycles. The molecule has 1 aromatic rings. The molecule has 19 heavy (non-hydrogen) atoms. The van der Waals surface area contributed by atoms with Crippen molar-refractivity contribution in [1.82, 2.24) is 10.3 Å². The number of hydrogen-bond acceptors (Lipinski definition) is 4. The molecule has 2 heterocycles. The predicted octanol–water partition coefficient (Wildman–Crippen LogP) is 1.58. The Bertz CT molecular complexity index is 522. The molecule has 0 bridgehead atoms. The van der Waals surface area contributed by atoms with Crippen molar-refractivity contribution in [3.05, 3.63) is 9.88 Å². The standard InChI is InChI=1S/C13H17N3O2S/c1-2-14-11(17)12-15-10-9(19-12)4-3-7-16(10)13(18)8-5-6-8/h8H,2-7H2,1H3,(H,14,17). The first-order chi connectivity index (χ1) is 9.20. The van der Waals surface area contributed by atoms with Crippen molar-refractivity contribution in [3.63, 3.8) is 0 Å². The van der Waals surface area contributed by atoms with Crippen LogP contribution in [0.25, 0.3) is 0 Å². The highest BCUT2D eigenvalue weighted by Gasteiger charge is 2.37. The third-order valence-electron chi connectivity index (χ3n) is 3.44. The molecule has 1 aliphatic carbocycles. The van der Waals surface area contributed by atoms with Gasteiger partial charge in [0.25, 0.3) is 5.91 Å². The highest BCUT2D eigenvalue weighted by Crippen LogP contribution is 2.37. The zero-order valence-corrected chi connectivity index (χ0v) is 11.8. The van der Waals surface area contributed by atoms with E-state index in [1.165, 1.54) is 11.3 Å². The van der Waals surface area contributed by atoms with Crippen LogP contribution >= 0.6 is 11.3 Å². The minimum absolute atomic E-state index is 0.138. The molecule has 1 N–H and O–H groups in total. The smallest absolute Gasteiger partial charge is 0.280 e. The minimum atomic E-state index is -0.138. The van der Waals surface area contributed by atoms with Gasteiger partial charge in [0.15, 0.2) is 5.01 Å². The van der Waals surface area contributed by atoms with Crippen LogP contribution in [0.15, 0.2) is 0 Å². The van der Waals surface area contributed by atoms with Gasteiger partial charge in [0.1, 0.15) is 5.82 Å². The lowest BCUT2D eigenvalue weighted by atomic mass is 10.1. The molecule has 2 amide bonds. The Kier molecular flexibility index (Phi) is 3.26. The molecular formula is C13H17N3O2S. The summed E-state index contributed by atoms with van der Waals surface area (Å²) in [5.41, 5.74) is 0. The third-order valence-corrected chi connectivity index (χ3v) is 4.55. The fourth-order valence-corrected chi connectivity index (χ4v) is 3.34. The molecule has 6 heteroatoms. The van der Waals surface area contributed by atoms with E-state index in [1.54, 1.807) is 4.90 Å². The average Bonchev–Trinajstić information content (AvgIpc) is 3.16. The third kappa shape index (κ3) is 2.36. The van der Waals surface area contributed by atoms with Gasteiger partial charge in [-0.05, 0) is 32.6 Å². The van der Waals surface area contributed by atoms with Crippen molar-refractivity contribution in [3.8, 4) is 0 Å². The first-order valence-corrected chi connectivity index (χ1v) is 7.61. The second-order valence-electron chi connectivity index (χ2n) is 4.99. The summed E-state index contributed by atoms with van der Waals surface area (Å²) in [4.78, 5) is 31.3. The summed E-state index contributed by atoms with van der Waals surface area (Å²) in [5, 5.41) is 3.23. The summed E-state index contributed by atoms with van der Waals surface area (Å²) in [6.45, 7) is 3.21. The molecule has 3 rings (SSSR count). The van der Waals surface area contributed by atoms with E-state index in [4.69, 9.17) is 0 Å². The predicted molar refractivity (Wildman–Crippen MR) is 73.5 cm³/mol. The second-order valence-corrected chi connectivity index (χ2v) is 6.08. The molecular weight excluding hydrogens is 262 g/mol. The fraction of sp³-hybridized carbons (Fsp3) is 0.615. The lowest BCUT2D eigenvalue weighted by Crippen LogP contribution is -2.36. The summed E-state index contributed by atoms with van der Waals surface area (Å²) in [6, 6.07) is 0. The van der Waals surface area contributed by atoms with Gasteiger partial charge in [-0.2, -0.15) is 0 Å². The number of anilines is 1. The molecule has 102 valence electrons. The molecule has 0 radical (unpaired) electrons. The SMILES string of the molecule is CCNC(=O)c1nc2c(s1)CCCN2C(=O)C1CC1. The number of nitrogens with zero attached hydrogens (tertiary/aromatic N) is 2. The molecule has 0 aromatic carbocycles. The average molecular weight is 279 g/mol. The Labute approximate surface area is 116 Å². The topological polar surface area (TPSA) is 62.3 Å². The van der Waals surface area contributed by atoms with Crippen LogP contribution in [0.3, 0.4) is 0 Å². The molecule has 1 fully saturated rings. The van der Waals surface area contributed by atoms with E-state index in [0.717, 1.165) is 42.9 Å². The fourth-order valence-electron chi connectivity index (χ4n) is 2.32. The van der Waals surface area contributed by atoms with Crippen LogP contribution in [0.4, 0.5) is 5.82 Å². The molecule has 0 unspecified atom stereocenters. The quantitative estimate of drug-likeness (QED) is 0.913. The Morgan fingerprint density at radius 3 is 2.95 bits per heavy atom. The van der Waals surface area contributed by atoms with Gasteiger partial charge >= 0.3 is 0 Å². The number of hydrogen-bond donors (Lipinski definition) is 1. The molecule has 1 aliphatic heterocycles. The minimum Gasteiger partial charge on any atom is -0.350 e. The molecule has 1 saturated carbocycles. The molecule has 0 atom stereocenters. The largest absolute Gasteiger partial charge is 0.350 e. The molecule has 0 spiro atoms. The van der Waals surface area contributed by atoms with Crippen molar-refractivity contribution >= 4 is 29.0 Å². The number of rotatable bonds is 3. The van der Waals surface area contributed by atoms with E-state index in [9.17, 15) is 9.59 Å². The van der Waals surface area contributed by atoms with E-state index in [1.807, 2.05) is 6.92 Å². The maximum Gasteiger partial charge on any atom is 0.280 e. The number of aromatic nitrogens is 1. The summed E-state index contributed by atoms with van der Waals surface area (Å²) < 4.78 is 0. The van der Waals surface area contributed by atoms with Crippen LogP contribution in [0.1, 0.15) is 40.9 Å². The number of aryl methyl sites for hydroxylation is 1. The number of amides is 2. The van der Waals surface area contributed by atoms with Crippen molar-refractivity contribution in [2.75, 3.05) is 18.0 Å². The summed E-state index contributed by atoms with van der Waals surface area (Å²) in [5.74, 6) is 0.976. The van der Waals surface area contributed by atoms with Crippen molar-refractivity contribution in [1.29, 1.82) is 0 Å².